The van der Waals surface area contributed by atoms with E-state index in [4.69, 9.17) is 10.8 Å². The van der Waals surface area contributed by atoms with Gasteiger partial charge in [-0.3, -0.25) is 4.79 Å². The molecule has 1 aromatic carbocycles. The molecule has 0 aliphatic heterocycles. The lowest BCUT2D eigenvalue weighted by atomic mass is 9.96. The largest absolute Gasteiger partial charge is 0.508 e. The molecule has 0 saturated carbocycles. The van der Waals surface area contributed by atoms with Crippen molar-refractivity contribution in [2.24, 2.45) is 11.7 Å². The molecule has 0 aromatic heterocycles. The Hall–Kier alpha value is -1.35. The summed E-state index contributed by atoms with van der Waals surface area (Å²) in [5.41, 5.74) is 6.42. The number of ketones is 1. The van der Waals surface area contributed by atoms with Gasteiger partial charge in [0, 0.05) is 18.9 Å². The number of rotatable bonds is 5. The quantitative estimate of drug-likeness (QED) is 0.768. The van der Waals surface area contributed by atoms with E-state index >= 15 is 0 Å². The predicted octanol–water partition coefficient (Wildman–Crippen LogP) is 1.49. The Morgan fingerprint density at radius 1 is 1.40 bits per heavy atom. The van der Waals surface area contributed by atoms with Crippen molar-refractivity contribution >= 4 is 5.78 Å². The summed E-state index contributed by atoms with van der Waals surface area (Å²) in [7, 11) is 0. The first kappa shape index (κ1) is 11.7. The number of carbonyl (C=O) groups is 1. The number of Topliss-reactive ketones (excluding diaryl/α,β-unsaturated/α-hetero) is 1. The maximum absolute atomic E-state index is 11.7. The van der Waals surface area contributed by atoms with E-state index in [0.29, 0.717) is 13.0 Å². The molecular formula is C12H17NO2. The van der Waals surface area contributed by atoms with Gasteiger partial charge in [0.05, 0.1) is 0 Å². The smallest absolute Gasteiger partial charge is 0.141 e. The van der Waals surface area contributed by atoms with Gasteiger partial charge in [0.2, 0.25) is 0 Å². The monoisotopic (exact) mass is 207 g/mol. The molecule has 82 valence electrons. The van der Waals surface area contributed by atoms with Crippen LogP contribution in [0, 0.1) is 5.92 Å². The second-order valence-electron chi connectivity index (χ2n) is 3.65. The van der Waals surface area contributed by atoms with E-state index in [1.54, 1.807) is 24.3 Å². The van der Waals surface area contributed by atoms with Crippen LogP contribution in [0.2, 0.25) is 0 Å². The highest BCUT2D eigenvalue weighted by molar-refractivity contribution is 5.83. The lowest BCUT2D eigenvalue weighted by Gasteiger charge is -2.10. The van der Waals surface area contributed by atoms with Crippen molar-refractivity contribution in [2.45, 2.75) is 19.8 Å². The highest BCUT2D eigenvalue weighted by atomic mass is 16.3. The summed E-state index contributed by atoms with van der Waals surface area (Å²) >= 11 is 0. The highest BCUT2D eigenvalue weighted by Gasteiger charge is 2.14. The van der Waals surface area contributed by atoms with Gasteiger partial charge in [-0.2, -0.15) is 0 Å². The van der Waals surface area contributed by atoms with Gasteiger partial charge >= 0.3 is 0 Å². The third kappa shape index (κ3) is 3.36. The molecular weight excluding hydrogens is 190 g/mol. The Bertz CT molecular complexity index is 315. The first-order valence-corrected chi connectivity index (χ1v) is 5.18. The van der Waals surface area contributed by atoms with Crippen LogP contribution in [0.15, 0.2) is 24.3 Å². The van der Waals surface area contributed by atoms with Crippen LogP contribution >= 0.6 is 0 Å². The normalized spacial score (nSPS) is 12.4. The molecule has 1 rings (SSSR count). The first-order chi connectivity index (χ1) is 7.17. The fourth-order valence-corrected chi connectivity index (χ4v) is 1.49. The van der Waals surface area contributed by atoms with Gasteiger partial charge in [-0.25, -0.2) is 0 Å². The lowest BCUT2D eigenvalue weighted by Crippen LogP contribution is -2.24. The maximum Gasteiger partial charge on any atom is 0.141 e. The van der Waals surface area contributed by atoms with Gasteiger partial charge in [0.1, 0.15) is 11.5 Å². The number of phenolic OH excluding ortho intramolecular Hbond substituents is 1. The number of hydrogen-bond donors (Lipinski definition) is 2. The Kier molecular flexibility index (Phi) is 4.31. The van der Waals surface area contributed by atoms with Crippen molar-refractivity contribution in [1.29, 1.82) is 0 Å². The Labute approximate surface area is 89.9 Å². The average molecular weight is 207 g/mol. The second kappa shape index (κ2) is 5.51. The minimum atomic E-state index is -0.0428. The molecule has 0 heterocycles. The molecule has 0 aliphatic rings. The highest BCUT2D eigenvalue weighted by Crippen LogP contribution is 2.12. The zero-order chi connectivity index (χ0) is 11.3. The van der Waals surface area contributed by atoms with Crippen LogP contribution in [0.1, 0.15) is 18.9 Å². The first-order valence-electron chi connectivity index (χ1n) is 5.18. The van der Waals surface area contributed by atoms with Crippen molar-refractivity contribution in [2.75, 3.05) is 6.54 Å². The van der Waals surface area contributed by atoms with Gasteiger partial charge in [0.15, 0.2) is 0 Å². The summed E-state index contributed by atoms with van der Waals surface area (Å²) in [6.07, 6.45) is 1.18. The SMILES string of the molecule is CCC(CN)C(=O)Cc1ccc(O)cc1. The van der Waals surface area contributed by atoms with Gasteiger partial charge in [-0.1, -0.05) is 19.1 Å². The van der Waals surface area contributed by atoms with Crippen LogP contribution in [0.4, 0.5) is 0 Å². The van der Waals surface area contributed by atoms with E-state index in [1.165, 1.54) is 0 Å². The molecule has 0 spiro atoms. The van der Waals surface area contributed by atoms with E-state index < -0.39 is 0 Å². The standard InChI is InChI=1S/C12H17NO2/c1-2-10(8-13)12(15)7-9-3-5-11(14)6-4-9/h3-6,10,14H,2,7-8,13H2,1H3. The molecule has 3 nitrogen and oxygen atoms in total. The van der Waals surface area contributed by atoms with E-state index in [2.05, 4.69) is 0 Å². The summed E-state index contributed by atoms with van der Waals surface area (Å²) in [6.45, 7) is 2.37. The number of carbonyl (C=O) groups excluding carboxylic acids is 1. The molecule has 1 unspecified atom stereocenters. The molecule has 0 radical (unpaired) electrons. The fraction of sp³-hybridized carbons (Fsp3) is 0.417. The van der Waals surface area contributed by atoms with Gasteiger partial charge in [0.25, 0.3) is 0 Å². The van der Waals surface area contributed by atoms with Crippen LogP contribution in [-0.4, -0.2) is 17.4 Å². The number of hydrogen-bond acceptors (Lipinski definition) is 3. The van der Waals surface area contributed by atoms with Crippen LogP contribution in [0.3, 0.4) is 0 Å². The Balaban J connectivity index is 2.61. The van der Waals surface area contributed by atoms with E-state index in [0.717, 1.165) is 12.0 Å². The molecule has 1 aromatic rings. The summed E-state index contributed by atoms with van der Waals surface area (Å²) < 4.78 is 0. The molecule has 0 fully saturated rings. The number of phenols is 1. The average Bonchev–Trinajstić information content (AvgIpc) is 2.23. The lowest BCUT2D eigenvalue weighted by molar-refractivity contribution is -0.122. The number of nitrogens with two attached hydrogens (primary N) is 1. The Morgan fingerprint density at radius 3 is 2.47 bits per heavy atom. The van der Waals surface area contributed by atoms with Crippen LogP contribution < -0.4 is 5.73 Å². The molecule has 3 heteroatoms. The molecule has 15 heavy (non-hydrogen) atoms. The van der Waals surface area contributed by atoms with Gasteiger partial charge in [-0.05, 0) is 24.1 Å². The zero-order valence-electron chi connectivity index (χ0n) is 8.94. The van der Waals surface area contributed by atoms with Crippen molar-refractivity contribution in [3.8, 4) is 5.75 Å². The third-order valence-electron chi connectivity index (χ3n) is 2.55. The van der Waals surface area contributed by atoms with Gasteiger partial charge < -0.3 is 10.8 Å². The van der Waals surface area contributed by atoms with Crippen molar-refractivity contribution in [3.05, 3.63) is 29.8 Å². The molecule has 0 amide bonds. The number of benzene rings is 1. The molecule has 3 N–H and O–H groups in total. The molecule has 0 bridgehead atoms. The van der Waals surface area contributed by atoms with E-state index in [9.17, 15) is 4.79 Å². The predicted molar refractivity (Wildman–Crippen MR) is 59.7 cm³/mol. The minimum Gasteiger partial charge on any atom is -0.508 e. The Morgan fingerprint density at radius 2 is 2.00 bits per heavy atom. The topological polar surface area (TPSA) is 63.3 Å². The van der Waals surface area contributed by atoms with Crippen molar-refractivity contribution < 1.29 is 9.90 Å². The van der Waals surface area contributed by atoms with E-state index in [-0.39, 0.29) is 17.5 Å². The van der Waals surface area contributed by atoms with Crippen LogP contribution in [-0.2, 0) is 11.2 Å². The molecule has 0 aliphatic carbocycles. The fourth-order valence-electron chi connectivity index (χ4n) is 1.49. The van der Waals surface area contributed by atoms with Crippen LogP contribution in [0.25, 0.3) is 0 Å². The summed E-state index contributed by atoms with van der Waals surface area (Å²) in [4.78, 5) is 11.7. The molecule has 0 saturated heterocycles. The van der Waals surface area contributed by atoms with E-state index in [1.807, 2.05) is 6.92 Å². The maximum atomic E-state index is 11.7. The minimum absolute atomic E-state index is 0.0428. The zero-order valence-corrected chi connectivity index (χ0v) is 8.94. The summed E-state index contributed by atoms with van der Waals surface area (Å²) in [6, 6.07) is 6.70. The van der Waals surface area contributed by atoms with Crippen molar-refractivity contribution in [3.63, 3.8) is 0 Å². The third-order valence-corrected chi connectivity index (χ3v) is 2.55. The summed E-state index contributed by atoms with van der Waals surface area (Å²) in [5.74, 6) is 0.349. The summed E-state index contributed by atoms with van der Waals surface area (Å²) in [5, 5.41) is 9.09. The number of aromatic hydroxyl groups is 1. The van der Waals surface area contributed by atoms with Crippen LogP contribution in [0.5, 0.6) is 5.75 Å². The molecule has 1 atom stereocenters. The second-order valence-corrected chi connectivity index (χ2v) is 3.65. The van der Waals surface area contributed by atoms with Crippen molar-refractivity contribution in [1.82, 2.24) is 0 Å². The van der Waals surface area contributed by atoms with Gasteiger partial charge in [-0.15, -0.1) is 0 Å².